The maximum atomic E-state index is 12.7. The van der Waals surface area contributed by atoms with E-state index in [1.807, 2.05) is 0 Å². The molecule has 0 radical (unpaired) electrons. The first-order valence-electron chi connectivity index (χ1n) is 3.80. The maximum absolute atomic E-state index is 12.7. The van der Waals surface area contributed by atoms with E-state index in [0.717, 1.165) is 0 Å². The fourth-order valence-electron chi connectivity index (χ4n) is 0.526. The molecule has 0 aromatic heterocycles. The molecule has 94 valence electrons. The van der Waals surface area contributed by atoms with Crippen LogP contribution in [0.15, 0.2) is 12.2 Å². The van der Waals surface area contributed by atoms with Gasteiger partial charge in [0.25, 0.3) is 0 Å². The summed E-state index contributed by atoms with van der Waals surface area (Å²) in [4.78, 5) is 10.7. The molecule has 0 aliphatic heterocycles. The molecule has 0 aliphatic rings. The molecule has 0 fully saturated rings. The van der Waals surface area contributed by atoms with E-state index in [-0.39, 0.29) is 5.57 Å². The van der Waals surface area contributed by atoms with Gasteiger partial charge < -0.3 is 9.29 Å². The third-order valence-corrected chi connectivity index (χ3v) is 2.33. The lowest BCUT2D eigenvalue weighted by molar-refractivity contribution is -0.143. The first-order chi connectivity index (χ1) is 7.00. The zero-order valence-corrected chi connectivity index (χ0v) is 8.89. The zero-order chi connectivity index (χ0) is 13.1. The summed E-state index contributed by atoms with van der Waals surface area (Å²) in [6.45, 7) is 2.72. The Balaban J connectivity index is 4.55. The number of halogens is 3. The predicted molar refractivity (Wildman–Crippen MR) is 45.3 cm³/mol. The van der Waals surface area contributed by atoms with Crippen LogP contribution in [0.25, 0.3) is 0 Å². The van der Waals surface area contributed by atoms with Crippen molar-refractivity contribution < 1.29 is 35.7 Å². The van der Waals surface area contributed by atoms with Gasteiger partial charge in [0.1, 0.15) is 6.61 Å². The van der Waals surface area contributed by atoms with Crippen molar-refractivity contribution in [3.8, 4) is 0 Å². The SMILES string of the molecule is C=C(C)C(=O)OCC(F)C(F)(F)S(=O)(=O)[O-]. The van der Waals surface area contributed by atoms with Gasteiger partial charge in [-0.3, -0.25) is 0 Å². The summed E-state index contributed by atoms with van der Waals surface area (Å²) in [6, 6.07) is 0. The lowest BCUT2D eigenvalue weighted by Crippen LogP contribution is -2.41. The van der Waals surface area contributed by atoms with Crippen LogP contribution >= 0.6 is 0 Å². The predicted octanol–water partition coefficient (Wildman–Crippen LogP) is 0.582. The van der Waals surface area contributed by atoms with E-state index in [2.05, 4.69) is 11.3 Å². The first kappa shape index (κ1) is 14.9. The Morgan fingerprint density at radius 2 is 2.00 bits per heavy atom. The van der Waals surface area contributed by atoms with Crippen molar-refractivity contribution in [3.05, 3.63) is 12.2 Å². The quantitative estimate of drug-likeness (QED) is 0.410. The lowest BCUT2D eigenvalue weighted by atomic mass is 10.3. The Hall–Kier alpha value is -1.09. The topological polar surface area (TPSA) is 83.5 Å². The van der Waals surface area contributed by atoms with Crippen molar-refractivity contribution in [1.29, 1.82) is 0 Å². The van der Waals surface area contributed by atoms with Crippen molar-refractivity contribution in [2.75, 3.05) is 6.61 Å². The van der Waals surface area contributed by atoms with Gasteiger partial charge in [-0.2, -0.15) is 8.78 Å². The van der Waals surface area contributed by atoms with Crippen molar-refractivity contribution in [1.82, 2.24) is 0 Å². The normalized spacial score (nSPS) is 14.3. The molecule has 9 heteroatoms. The van der Waals surface area contributed by atoms with E-state index in [0.29, 0.717) is 0 Å². The summed E-state index contributed by atoms with van der Waals surface area (Å²) >= 11 is 0. The number of esters is 1. The molecule has 0 rings (SSSR count). The van der Waals surface area contributed by atoms with E-state index in [9.17, 15) is 30.9 Å². The Labute approximate surface area is 89.6 Å². The number of ether oxygens (including phenoxy) is 1. The average Bonchev–Trinajstić information content (AvgIpc) is 2.11. The summed E-state index contributed by atoms with van der Waals surface area (Å²) in [5, 5.41) is -5.14. The van der Waals surface area contributed by atoms with Crippen LogP contribution in [0.4, 0.5) is 13.2 Å². The third-order valence-electron chi connectivity index (χ3n) is 1.41. The number of rotatable bonds is 5. The van der Waals surface area contributed by atoms with Crippen LogP contribution in [0, 0.1) is 0 Å². The number of hydrogen-bond donors (Lipinski definition) is 0. The van der Waals surface area contributed by atoms with Gasteiger partial charge in [-0.1, -0.05) is 6.58 Å². The van der Waals surface area contributed by atoms with Crippen molar-refractivity contribution >= 4 is 16.1 Å². The zero-order valence-electron chi connectivity index (χ0n) is 8.07. The minimum absolute atomic E-state index is 0.180. The van der Waals surface area contributed by atoms with Crippen molar-refractivity contribution in [2.45, 2.75) is 18.3 Å². The summed E-state index contributed by atoms with van der Waals surface area (Å²) in [5.41, 5.74) is -0.180. The molecule has 0 bridgehead atoms. The summed E-state index contributed by atoms with van der Waals surface area (Å²) in [7, 11) is -6.14. The molecule has 0 amide bonds. The molecule has 0 aromatic carbocycles. The fourth-order valence-corrected chi connectivity index (χ4v) is 0.907. The molecular weight excluding hydrogens is 253 g/mol. The second kappa shape index (κ2) is 4.83. The summed E-state index contributed by atoms with van der Waals surface area (Å²) < 4.78 is 71.5. The fraction of sp³-hybridized carbons (Fsp3) is 0.571. The Morgan fingerprint density at radius 1 is 1.56 bits per heavy atom. The summed E-state index contributed by atoms with van der Waals surface area (Å²) in [5.74, 6) is -1.17. The van der Waals surface area contributed by atoms with E-state index in [4.69, 9.17) is 0 Å². The number of hydrogen-bond acceptors (Lipinski definition) is 5. The number of carbonyl (C=O) groups excluding carboxylic acids is 1. The van der Waals surface area contributed by atoms with Gasteiger partial charge in [0.15, 0.2) is 10.1 Å². The van der Waals surface area contributed by atoms with Gasteiger partial charge >= 0.3 is 11.2 Å². The Morgan fingerprint density at radius 3 is 2.31 bits per heavy atom. The molecular formula is C7H8F3O5S-. The molecule has 0 N–H and O–H groups in total. The second-order valence-corrected chi connectivity index (χ2v) is 4.31. The molecule has 1 atom stereocenters. The van der Waals surface area contributed by atoms with E-state index >= 15 is 0 Å². The standard InChI is InChI=1S/C7H9F3O5S/c1-4(2)6(11)15-3-5(8)7(9,10)16(12,13)14/h5H,1,3H2,2H3,(H,12,13,14)/p-1. The van der Waals surface area contributed by atoms with Gasteiger partial charge in [0.05, 0.1) is 0 Å². The molecule has 0 aromatic rings. The van der Waals surface area contributed by atoms with Crippen LogP contribution in [-0.2, 0) is 19.6 Å². The van der Waals surface area contributed by atoms with Crippen LogP contribution in [-0.4, -0.2) is 37.0 Å². The van der Waals surface area contributed by atoms with Crippen LogP contribution in [0.2, 0.25) is 0 Å². The highest BCUT2D eigenvalue weighted by Crippen LogP contribution is 2.27. The summed E-state index contributed by atoms with van der Waals surface area (Å²) in [6.07, 6.45) is -3.42. The highest BCUT2D eigenvalue weighted by atomic mass is 32.2. The van der Waals surface area contributed by atoms with Crippen molar-refractivity contribution in [2.24, 2.45) is 0 Å². The van der Waals surface area contributed by atoms with Gasteiger partial charge in [-0.25, -0.2) is 17.6 Å². The smallest absolute Gasteiger partial charge is 0.368 e. The van der Waals surface area contributed by atoms with Crippen molar-refractivity contribution in [3.63, 3.8) is 0 Å². The molecule has 0 saturated heterocycles. The molecule has 0 saturated carbocycles. The first-order valence-corrected chi connectivity index (χ1v) is 5.21. The molecule has 5 nitrogen and oxygen atoms in total. The van der Waals surface area contributed by atoms with Gasteiger partial charge in [-0.15, -0.1) is 0 Å². The van der Waals surface area contributed by atoms with Crippen LogP contribution in [0.3, 0.4) is 0 Å². The second-order valence-electron chi connectivity index (χ2n) is 2.86. The van der Waals surface area contributed by atoms with E-state index in [1.54, 1.807) is 0 Å². The van der Waals surface area contributed by atoms with Crippen LogP contribution < -0.4 is 0 Å². The maximum Gasteiger partial charge on any atom is 0.368 e. The lowest BCUT2D eigenvalue weighted by Gasteiger charge is -2.22. The number of alkyl halides is 3. The van der Waals surface area contributed by atoms with Gasteiger partial charge in [0.2, 0.25) is 6.17 Å². The third kappa shape index (κ3) is 3.49. The minimum atomic E-state index is -6.14. The molecule has 0 heterocycles. The largest absolute Gasteiger partial charge is 0.743 e. The Kier molecular flexibility index (Phi) is 4.50. The molecule has 0 spiro atoms. The van der Waals surface area contributed by atoms with Crippen LogP contribution in [0.1, 0.15) is 6.92 Å². The Bertz CT molecular complexity index is 389. The van der Waals surface area contributed by atoms with Crippen LogP contribution in [0.5, 0.6) is 0 Å². The van der Waals surface area contributed by atoms with E-state index in [1.165, 1.54) is 6.92 Å². The molecule has 1 unspecified atom stereocenters. The molecule has 0 aliphatic carbocycles. The minimum Gasteiger partial charge on any atom is -0.743 e. The van der Waals surface area contributed by atoms with E-state index < -0.39 is 34.1 Å². The average molecular weight is 261 g/mol. The molecule has 16 heavy (non-hydrogen) atoms. The van der Waals surface area contributed by atoms with Gasteiger partial charge in [0, 0.05) is 5.57 Å². The highest BCUT2D eigenvalue weighted by Gasteiger charge is 2.48. The highest BCUT2D eigenvalue weighted by molar-refractivity contribution is 7.86. The van der Waals surface area contributed by atoms with Gasteiger partial charge in [-0.05, 0) is 6.92 Å². The monoisotopic (exact) mass is 261 g/mol. The number of carbonyl (C=O) groups is 1.